The van der Waals surface area contributed by atoms with E-state index in [1.807, 2.05) is 60.8 Å². The lowest BCUT2D eigenvalue weighted by Gasteiger charge is -2.09. The van der Waals surface area contributed by atoms with E-state index in [9.17, 15) is 4.79 Å². The SMILES string of the molecule is COc1ccc(NCC(=O)Nc2cccc(-c3csc(C)n3)c2)cc1. The summed E-state index contributed by atoms with van der Waals surface area (Å²) in [6.45, 7) is 2.16. The van der Waals surface area contributed by atoms with Crippen LogP contribution in [0.2, 0.25) is 0 Å². The van der Waals surface area contributed by atoms with Crippen molar-refractivity contribution in [1.29, 1.82) is 0 Å². The molecular formula is C19H19N3O2S. The summed E-state index contributed by atoms with van der Waals surface area (Å²) in [6, 6.07) is 15.1. The maximum Gasteiger partial charge on any atom is 0.243 e. The van der Waals surface area contributed by atoms with Crippen LogP contribution in [0.4, 0.5) is 11.4 Å². The summed E-state index contributed by atoms with van der Waals surface area (Å²) in [5, 5.41) is 9.03. The van der Waals surface area contributed by atoms with E-state index in [4.69, 9.17) is 4.74 Å². The molecule has 0 saturated heterocycles. The van der Waals surface area contributed by atoms with Crippen molar-refractivity contribution < 1.29 is 9.53 Å². The van der Waals surface area contributed by atoms with Gasteiger partial charge in [-0.05, 0) is 43.3 Å². The molecule has 1 heterocycles. The van der Waals surface area contributed by atoms with Crippen LogP contribution >= 0.6 is 11.3 Å². The molecule has 0 atom stereocenters. The Hall–Kier alpha value is -2.86. The molecule has 1 aromatic heterocycles. The predicted octanol–water partition coefficient (Wildman–Crippen LogP) is 4.18. The Morgan fingerprint density at radius 1 is 1.16 bits per heavy atom. The number of thiazole rings is 1. The number of nitrogens with one attached hydrogen (secondary N) is 2. The van der Waals surface area contributed by atoms with Crippen LogP contribution in [0.25, 0.3) is 11.3 Å². The third kappa shape index (κ3) is 4.58. The number of aryl methyl sites for hydroxylation is 1. The van der Waals surface area contributed by atoms with Gasteiger partial charge in [-0.15, -0.1) is 11.3 Å². The van der Waals surface area contributed by atoms with Crippen LogP contribution in [-0.4, -0.2) is 24.5 Å². The standard InChI is InChI=1S/C19H19N3O2S/c1-13-21-18(12-25-13)14-4-3-5-16(10-14)22-19(23)11-20-15-6-8-17(24-2)9-7-15/h3-10,12,20H,11H2,1-2H3,(H,22,23). The second-order valence-corrected chi connectivity index (χ2v) is 6.53. The van der Waals surface area contributed by atoms with Crippen LogP contribution in [0, 0.1) is 6.92 Å². The number of methoxy groups -OCH3 is 1. The van der Waals surface area contributed by atoms with Gasteiger partial charge in [-0.2, -0.15) is 0 Å². The number of nitrogens with zero attached hydrogens (tertiary/aromatic N) is 1. The fourth-order valence-electron chi connectivity index (χ4n) is 2.35. The molecule has 0 bridgehead atoms. The topological polar surface area (TPSA) is 63.2 Å². The number of anilines is 2. The fourth-order valence-corrected chi connectivity index (χ4v) is 2.97. The molecule has 0 unspecified atom stereocenters. The molecule has 0 saturated carbocycles. The van der Waals surface area contributed by atoms with Crippen molar-refractivity contribution in [2.75, 3.05) is 24.3 Å². The highest BCUT2D eigenvalue weighted by molar-refractivity contribution is 7.09. The number of carbonyl (C=O) groups is 1. The first kappa shape index (κ1) is 17.0. The van der Waals surface area contributed by atoms with Crippen molar-refractivity contribution in [2.45, 2.75) is 6.92 Å². The number of hydrogen-bond acceptors (Lipinski definition) is 5. The maximum absolute atomic E-state index is 12.1. The first-order valence-electron chi connectivity index (χ1n) is 7.84. The van der Waals surface area contributed by atoms with E-state index in [0.29, 0.717) is 0 Å². The smallest absolute Gasteiger partial charge is 0.243 e. The van der Waals surface area contributed by atoms with Gasteiger partial charge in [0.15, 0.2) is 0 Å². The van der Waals surface area contributed by atoms with E-state index in [0.717, 1.165) is 33.4 Å². The van der Waals surface area contributed by atoms with Crippen LogP contribution in [0.3, 0.4) is 0 Å². The maximum atomic E-state index is 12.1. The predicted molar refractivity (Wildman–Crippen MR) is 102 cm³/mol. The van der Waals surface area contributed by atoms with Gasteiger partial charge in [-0.1, -0.05) is 12.1 Å². The lowest BCUT2D eigenvalue weighted by molar-refractivity contribution is -0.114. The molecule has 3 rings (SSSR count). The van der Waals surface area contributed by atoms with Crippen molar-refractivity contribution in [1.82, 2.24) is 4.98 Å². The van der Waals surface area contributed by atoms with E-state index < -0.39 is 0 Å². The van der Waals surface area contributed by atoms with E-state index in [2.05, 4.69) is 15.6 Å². The summed E-state index contributed by atoms with van der Waals surface area (Å²) in [7, 11) is 1.62. The lowest BCUT2D eigenvalue weighted by Crippen LogP contribution is -2.21. The molecule has 2 aromatic carbocycles. The van der Waals surface area contributed by atoms with Gasteiger partial charge in [0, 0.05) is 22.3 Å². The van der Waals surface area contributed by atoms with Crippen molar-refractivity contribution in [3.63, 3.8) is 0 Å². The molecule has 0 aliphatic heterocycles. The number of hydrogen-bond donors (Lipinski definition) is 2. The summed E-state index contributed by atoms with van der Waals surface area (Å²) >= 11 is 1.61. The minimum absolute atomic E-state index is 0.109. The molecule has 128 valence electrons. The van der Waals surface area contributed by atoms with Crippen molar-refractivity contribution >= 4 is 28.6 Å². The van der Waals surface area contributed by atoms with Crippen LogP contribution < -0.4 is 15.4 Å². The van der Waals surface area contributed by atoms with Crippen LogP contribution in [0.5, 0.6) is 5.75 Å². The van der Waals surface area contributed by atoms with E-state index in [1.54, 1.807) is 18.4 Å². The first-order valence-corrected chi connectivity index (χ1v) is 8.72. The van der Waals surface area contributed by atoms with E-state index >= 15 is 0 Å². The quantitative estimate of drug-likeness (QED) is 0.698. The summed E-state index contributed by atoms with van der Waals surface area (Å²) in [5.41, 5.74) is 3.53. The molecule has 0 aliphatic carbocycles. The minimum Gasteiger partial charge on any atom is -0.497 e. The van der Waals surface area contributed by atoms with Gasteiger partial charge in [0.05, 0.1) is 24.4 Å². The van der Waals surface area contributed by atoms with Gasteiger partial charge < -0.3 is 15.4 Å². The largest absolute Gasteiger partial charge is 0.497 e. The van der Waals surface area contributed by atoms with Crippen LogP contribution in [0.1, 0.15) is 5.01 Å². The van der Waals surface area contributed by atoms with Gasteiger partial charge >= 0.3 is 0 Å². The first-order chi connectivity index (χ1) is 12.1. The average molecular weight is 353 g/mol. The summed E-state index contributed by atoms with van der Waals surface area (Å²) in [6.07, 6.45) is 0. The Morgan fingerprint density at radius 2 is 1.96 bits per heavy atom. The van der Waals surface area contributed by atoms with Crippen LogP contribution in [-0.2, 0) is 4.79 Å². The zero-order valence-corrected chi connectivity index (χ0v) is 14.9. The van der Waals surface area contributed by atoms with Gasteiger partial charge in [-0.25, -0.2) is 4.98 Å². The van der Waals surface area contributed by atoms with Gasteiger partial charge in [0.2, 0.25) is 5.91 Å². The van der Waals surface area contributed by atoms with E-state index in [1.165, 1.54) is 0 Å². The number of benzene rings is 2. The van der Waals surface area contributed by atoms with Crippen molar-refractivity contribution in [3.8, 4) is 17.0 Å². The zero-order valence-electron chi connectivity index (χ0n) is 14.1. The number of carbonyl (C=O) groups excluding carboxylic acids is 1. The molecule has 0 radical (unpaired) electrons. The summed E-state index contributed by atoms with van der Waals surface area (Å²) < 4.78 is 5.11. The molecule has 1 amide bonds. The number of ether oxygens (including phenoxy) is 1. The Labute approximate surface area is 150 Å². The molecule has 5 nitrogen and oxygen atoms in total. The molecule has 0 fully saturated rings. The second kappa shape index (κ2) is 7.81. The van der Waals surface area contributed by atoms with Crippen molar-refractivity contribution in [2.24, 2.45) is 0 Å². The van der Waals surface area contributed by atoms with Gasteiger partial charge in [0.25, 0.3) is 0 Å². The van der Waals surface area contributed by atoms with E-state index in [-0.39, 0.29) is 12.5 Å². The Bertz CT molecular complexity index is 859. The molecular weight excluding hydrogens is 334 g/mol. The zero-order chi connectivity index (χ0) is 17.6. The van der Waals surface area contributed by atoms with Gasteiger partial charge in [-0.3, -0.25) is 4.79 Å². The summed E-state index contributed by atoms with van der Waals surface area (Å²) in [4.78, 5) is 16.6. The molecule has 2 N–H and O–H groups in total. The Kier molecular flexibility index (Phi) is 5.30. The average Bonchev–Trinajstić information content (AvgIpc) is 3.07. The highest BCUT2D eigenvalue weighted by atomic mass is 32.1. The molecule has 6 heteroatoms. The Morgan fingerprint density at radius 3 is 2.64 bits per heavy atom. The molecule has 0 spiro atoms. The fraction of sp³-hybridized carbons (Fsp3) is 0.158. The number of rotatable bonds is 6. The third-order valence-corrected chi connectivity index (χ3v) is 4.38. The van der Waals surface area contributed by atoms with Gasteiger partial charge in [0.1, 0.15) is 5.75 Å². The second-order valence-electron chi connectivity index (χ2n) is 5.46. The highest BCUT2D eigenvalue weighted by Crippen LogP contribution is 2.24. The highest BCUT2D eigenvalue weighted by Gasteiger charge is 2.06. The Balaban J connectivity index is 1.59. The van der Waals surface area contributed by atoms with Crippen molar-refractivity contribution in [3.05, 3.63) is 58.9 Å². The minimum atomic E-state index is -0.109. The normalized spacial score (nSPS) is 10.3. The lowest BCUT2D eigenvalue weighted by atomic mass is 10.1. The molecule has 25 heavy (non-hydrogen) atoms. The third-order valence-electron chi connectivity index (χ3n) is 3.60. The van der Waals surface area contributed by atoms with Crippen LogP contribution in [0.15, 0.2) is 53.9 Å². The monoisotopic (exact) mass is 353 g/mol. The number of amides is 1. The molecule has 0 aliphatic rings. The molecule has 3 aromatic rings. The number of aromatic nitrogens is 1. The summed E-state index contributed by atoms with van der Waals surface area (Å²) in [5.74, 6) is 0.673.